The van der Waals surface area contributed by atoms with Crippen LogP contribution in [-0.4, -0.2) is 283 Å². The van der Waals surface area contributed by atoms with Crippen molar-refractivity contribution < 1.29 is 149 Å². The molecule has 5 aliphatic carbocycles. The summed E-state index contributed by atoms with van der Waals surface area (Å²) in [6, 6.07) is 0. The van der Waals surface area contributed by atoms with Crippen molar-refractivity contribution in [1.82, 2.24) is 0 Å². The van der Waals surface area contributed by atoms with E-state index in [0.717, 1.165) is 12.2 Å². The van der Waals surface area contributed by atoms with Gasteiger partial charge in [0.1, 0.15) is 101 Å². The molecule has 8 bridgehead atoms. The standard InChI is InChI=1S/C77H104O30/c1-34-12-10-14-44-20-40(32-100-69-59(90)57(88)55(86)47(30-80)102-69)36(3)21-74(44)61(92)49(65(96)104-74)45(82)15-18-72(8)25-41(28-78)38(5)23-77(72)64(95)52(68(99)107-77)54(85)35(2)13-11-17-71(7)27-43(33-101-70-60(91)58(89)56(87)48(31-81)103-70)39(6)24-75(71)62(93)50(66(97)105-75)46(83)16-19-73(9)26-42(29-79)37(4)22-76(73)63(94)51(53(34)84)67(98)106-76/h10-20,25-27,29,36-39,44-60,65-70,78,80-91,96-99H,21-24,28,30-33H2,1-9H3. The van der Waals surface area contributed by atoms with E-state index in [4.69, 9.17) is 37.9 Å². The van der Waals surface area contributed by atoms with Crippen LogP contribution >= 0.6 is 0 Å². The Kier molecular flexibility index (Phi) is 24.0. The van der Waals surface area contributed by atoms with E-state index in [1.165, 1.54) is 88.5 Å². The van der Waals surface area contributed by atoms with Crippen LogP contribution in [0.3, 0.4) is 0 Å². The molecule has 34 atom stereocenters. The normalized spacial score (nSPS) is 49.2. The first kappa shape index (κ1) is 82.7. The second-order valence-electron chi connectivity index (χ2n) is 32.0. The van der Waals surface area contributed by atoms with Crippen LogP contribution < -0.4 is 0 Å². The van der Waals surface area contributed by atoms with Gasteiger partial charge in [-0.2, -0.15) is 0 Å². The van der Waals surface area contributed by atoms with E-state index < -0.39 is 246 Å². The van der Waals surface area contributed by atoms with Crippen LogP contribution in [0.1, 0.15) is 88.0 Å². The Morgan fingerprint density at radius 3 is 1.35 bits per heavy atom. The molecule has 11 aliphatic rings. The Morgan fingerprint density at radius 2 is 0.860 bits per heavy atom. The molecular weight excluding hydrogens is 1400 g/mol. The van der Waals surface area contributed by atoms with Crippen LogP contribution in [0.25, 0.3) is 0 Å². The lowest BCUT2D eigenvalue weighted by Crippen LogP contribution is -2.59. The molecule has 0 aromatic heterocycles. The van der Waals surface area contributed by atoms with E-state index in [-0.39, 0.29) is 55.6 Å². The van der Waals surface area contributed by atoms with Crippen molar-refractivity contribution in [2.45, 2.75) is 221 Å². The Bertz CT molecular complexity index is 3720. The molecule has 592 valence electrons. The SMILES string of the molecule is CC1=CC=CC2C=C(COC3OC(CO)C(O)C(O)C3O)C(C)CC23OC(O)C(C3=O)C(O)C=CC2(C)C=C(CO)C(C)CC23OC(O)C(C3=O)C(O)C(C)=CC=CC2(C)C=C(COC3OC(CO)C(O)C(O)C3O)C(C)CC23OC(O)C(C3=O)C(O)C=CC2(C)C=C(C=O)C(C)CC23OC(O)C(C3=O)C1O. The largest absolute Gasteiger partial charge is 0.394 e. The first-order valence-corrected chi connectivity index (χ1v) is 36.4. The van der Waals surface area contributed by atoms with Crippen LogP contribution in [-0.2, 0) is 61.9 Å². The highest BCUT2D eigenvalue weighted by Gasteiger charge is 2.69. The van der Waals surface area contributed by atoms with Gasteiger partial charge in [-0.25, -0.2) is 0 Å². The summed E-state index contributed by atoms with van der Waals surface area (Å²) in [5, 5.41) is 192. The van der Waals surface area contributed by atoms with Crippen molar-refractivity contribution in [3.05, 3.63) is 119 Å². The van der Waals surface area contributed by atoms with Gasteiger partial charge in [-0.3, -0.25) is 24.0 Å². The number of carbonyl (C=O) groups excluding carboxylic acids is 5. The van der Waals surface area contributed by atoms with Gasteiger partial charge < -0.3 is 125 Å². The van der Waals surface area contributed by atoms with Crippen molar-refractivity contribution in [3.8, 4) is 0 Å². The lowest BCUT2D eigenvalue weighted by atomic mass is 9.59. The van der Waals surface area contributed by atoms with Crippen molar-refractivity contribution in [2.24, 2.45) is 69.5 Å². The molecule has 11 rings (SSSR count). The number of aldehydes is 1. The lowest BCUT2D eigenvalue weighted by molar-refractivity contribution is -0.299. The maximum atomic E-state index is 15.6. The molecule has 6 saturated heterocycles. The van der Waals surface area contributed by atoms with Gasteiger partial charge in [-0.15, -0.1) is 0 Å². The summed E-state index contributed by atoms with van der Waals surface area (Å²) in [4.78, 5) is 74.8. The molecule has 0 saturated carbocycles. The minimum absolute atomic E-state index is 0.0484. The zero-order valence-electron chi connectivity index (χ0n) is 61.0. The fraction of sp³-hybridized carbons (Fsp3) is 0.675. The quantitative estimate of drug-likeness (QED) is 0.0829. The predicted octanol–water partition coefficient (Wildman–Crippen LogP) is -2.02. The fourth-order valence-corrected chi connectivity index (χ4v) is 18.3. The summed E-state index contributed by atoms with van der Waals surface area (Å²) in [7, 11) is 0. The highest BCUT2D eigenvalue weighted by molar-refractivity contribution is 5.97. The second kappa shape index (κ2) is 31.0. The predicted molar refractivity (Wildman–Crippen MR) is 369 cm³/mol. The van der Waals surface area contributed by atoms with Crippen molar-refractivity contribution in [2.75, 3.05) is 33.0 Å². The Balaban J connectivity index is 1.01. The number of ketones is 4. The summed E-state index contributed by atoms with van der Waals surface area (Å²) >= 11 is 0. The Labute approximate surface area is 618 Å². The number of aliphatic hydroxyl groups excluding tert-OH is 17. The minimum Gasteiger partial charge on any atom is -0.394 e. The third kappa shape index (κ3) is 13.9. The monoisotopic (exact) mass is 1510 g/mol. The summed E-state index contributed by atoms with van der Waals surface area (Å²) in [5.41, 5.74) is -11.8. The van der Waals surface area contributed by atoms with E-state index >= 15 is 19.2 Å². The number of fused-ring (bicyclic) bond motifs is 4. The van der Waals surface area contributed by atoms with Crippen molar-refractivity contribution in [3.63, 3.8) is 0 Å². The minimum atomic E-state index is -2.10. The van der Waals surface area contributed by atoms with E-state index in [0.29, 0.717) is 23.0 Å². The maximum absolute atomic E-state index is 15.6. The number of hydrogen-bond donors (Lipinski definition) is 17. The van der Waals surface area contributed by atoms with Gasteiger partial charge in [0.05, 0.1) is 57.5 Å². The first-order chi connectivity index (χ1) is 50.2. The molecule has 0 aromatic carbocycles. The topological polar surface area (TPSA) is 503 Å². The second-order valence-corrected chi connectivity index (χ2v) is 32.0. The van der Waals surface area contributed by atoms with Crippen molar-refractivity contribution in [1.29, 1.82) is 0 Å². The molecule has 0 amide bonds. The summed E-state index contributed by atoms with van der Waals surface area (Å²) in [6.45, 7) is 11.5. The molecular formula is C77H104O30. The number of ether oxygens (including phenoxy) is 8. The van der Waals surface area contributed by atoms with E-state index in [9.17, 15) is 91.6 Å². The van der Waals surface area contributed by atoms with Gasteiger partial charge >= 0.3 is 0 Å². The zero-order valence-corrected chi connectivity index (χ0v) is 61.0. The third-order valence-corrected chi connectivity index (χ3v) is 25.1. The van der Waals surface area contributed by atoms with Crippen molar-refractivity contribution >= 4 is 29.4 Å². The smallest absolute Gasteiger partial charge is 0.187 e. The number of Topliss-reactive ketones (excluding diaryl/α,β-unsaturated/α-hetero) is 4. The number of aliphatic hydroxyl groups is 17. The molecule has 4 spiro atoms. The maximum Gasteiger partial charge on any atom is 0.187 e. The first-order valence-electron chi connectivity index (χ1n) is 36.4. The third-order valence-electron chi connectivity index (χ3n) is 25.1. The number of rotatable bonds is 10. The molecule has 30 nitrogen and oxygen atoms in total. The van der Waals surface area contributed by atoms with Gasteiger partial charge in [0.25, 0.3) is 0 Å². The molecule has 6 aliphatic heterocycles. The van der Waals surface area contributed by atoms with Gasteiger partial charge in [-0.1, -0.05) is 113 Å². The molecule has 34 unspecified atom stereocenters. The molecule has 17 N–H and O–H groups in total. The van der Waals surface area contributed by atoms with Gasteiger partial charge in [0.15, 0.2) is 60.9 Å². The molecule has 6 fully saturated rings. The summed E-state index contributed by atoms with van der Waals surface area (Å²) < 4.78 is 48.7. The highest BCUT2D eigenvalue weighted by Crippen LogP contribution is 2.59. The number of allylic oxidation sites excluding steroid dienone is 5. The van der Waals surface area contributed by atoms with Crippen LogP contribution in [0.5, 0.6) is 0 Å². The van der Waals surface area contributed by atoms with E-state index in [1.807, 2.05) is 0 Å². The van der Waals surface area contributed by atoms with Gasteiger partial charge in [0, 0.05) is 22.2 Å². The fourth-order valence-electron chi connectivity index (χ4n) is 18.3. The highest BCUT2D eigenvalue weighted by atomic mass is 16.7. The lowest BCUT2D eigenvalue weighted by Gasteiger charge is -2.47. The van der Waals surface area contributed by atoms with Gasteiger partial charge in [-0.05, 0) is 117 Å². The molecule has 0 aromatic rings. The van der Waals surface area contributed by atoms with Crippen LogP contribution in [0, 0.1) is 69.5 Å². The average molecular weight is 1510 g/mol. The molecule has 107 heavy (non-hydrogen) atoms. The zero-order chi connectivity index (χ0) is 78.5. The van der Waals surface area contributed by atoms with Gasteiger partial charge in [0.2, 0.25) is 0 Å². The average Bonchev–Trinajstić information content (AvgIpc) is 1.60. The van der Waals surface area contributed by atoms with Crippen LogP contribution in [0.2, 0.25) is 0 Å². The van der Waals surface area contributed by atoms with Crippen LogP contribution in [0.15, 0.2) is 119 Å². The Morgan fingerprint density at radius 1 is 0.458 bits per heavy atom. The summed E-state index contributed by atoms with van der Waals surface area (Å²) in [5.74, 6) is -14.1. The Hall–Kier alpha value is -5.25. The van der Waals surface area contributed by atoms with E-state index in [2.05, 4.69) is 0 Å². The number of carbonyl (C=O) groups is 5. The van der Waals surface area contributed by atoms with Crippen LogP contribution in [0.4, 0.5) is 0 Å². The number of hydrogen-bond acceptors (Lipinski definition) is 30. The molecule has 30 heteroatoms. The van der Waals surface area contributed by atoms with E-state index in [1.54, 1.807) is 46.8 Å². The molecule has 0 radical (unpaired) electrons. The summed E-state index contributed by atoms with van der Waals surface area (Å²) in [6.07, 6.45) is -12.7. The molecule has 6 heterocycles.